The van der Waals surface area contributed by atoms with Crippen LogP contribution in [0.3, 0.4) is 0 Å². The smallest absolute Gasteiger partial charge is 0.315 e. The number of thioether (sulfide) groups is 1. The molecule has 0 aromatic heterocycles. The van der Waals surface area contributed by atoms with Crippen LogP contribution in [-0.2, 0) is 23.3 Å². The van der Waals surface area contributed by atoms with Crippen LogP contribution in [0.15, 0.2) is 0 Å². The minimum atomic E-state index is -3.12. The van der Waals surface area contributed by atoms with E-state index in [4.69, 9.17) is 5.73 Å². The van der Waals surface area contributed by atoms with Crippen LogP contribution in [0.25, 0.3) is 0 Å². The summed E-state index contributed by atoms with van der Waals surface area (Å²) in [6.07, 6.45) is 9.26. The molecule has 2 fully saturated rings. The second-order valence-electron chi connectivity index (χ2n) is 10.3. The number of urea groups is 1. The lowest BCUT2D eigenvalue weighted by molar-refractivity contribution is -0.123. The van der Waals surface area contributed by atoms with Crippen LogP contribution in [0, 0.1) is 0 Å². The van der Waals surface area contributed by atoms with E-state index in [0.29, 0.717) is 44.0 Å². The minimum absolute atomic E-state index is 0.00542. The zero-order valence-corrected chi connectivity index (χ0v) is 25.8. The molecule has 5 amide bonds. The molecule has 0 saturated carbocycles. The van der Waals surface area contributed by atoms with Crippen molar-refractivity contribution in [1.82, 2.24) is 26.6 Å². The summed E-state index contributed by atoms with van der Waals surface area (Å²) in [7, 11) is -2.33. The average Bonchev–Trinajstić information content (AvgIpc) is 3.44. The van der Waals surface area contributed by atoms with E-state index in [1.807, 2.05) is 11.8 Å². The third-order valence-corrected chi connectivity index (χ3v) is 10.9. The first kappa shape index (κ1) is 34.5. The van der Waals surface area contributed by atoms with Crippen LogP contribution in [0.2, 0.25) is 0 Å². The number of carbonyl (C=O) groups is 4. The first-order chi connectivity index (χ1) is 19.0. The summed E-state index contributed by atoms with van der Waals surface area (Å²) < 4.78 is 22.1. The van der Waals surface area contributed by atoms with E-state index in [1.165, 1.54) is 0 Å². The largest absolute Gasteiger partial charge is 0.356 e. The summed E-state index contributed by atoms with van der Waals surface area (Å²) in [5.41, 5.74) is 5.86. The van der Waals surface area contributed by atoms with Crippen molar-refractivity contribution in [2.24, 2.45) is 5.73 Å². The van der Waals surface area contributed by atoms with Crippen LogP contribution in [0.1, 0.15) is 70.6 Å². The lowest BCUT2D eigenvalue weighted by atomic mass is 10.0. The molecule has 0 aromatic rings. The van der Waals surface area contributed by atoms with E-state index in [0.717, 1.165) is 67.7 Å². The Kier molecular flexibility index (Phi) is 16.1. The number of carbonyl (C=O) groups excluding carboxylic acids is 4. The lowest BCUT2D eigenvalue weighted by Crippen LogP contribution is -2.41. The second-order valence-corrected chi connectivity index (χ2v) is 16.1. The van der Waals surface area contributed by atoms with Gasteiger partial charge in [0.1, 0.15) is 0 Å². The number of nitrogens with one attached hydrogen (secondary N) is 5. The number of amides is 5. The maximum Gasteiger partial charge on any atom is 0.315 e. The highest BCUT2D eigenvalue weighted by Crippen LogP contribution is 2.33. The molecule has 12 nitrogen and oxygen atoms in total. The summed E-state index contributed by atoms with van der Waals surface area (Å²) in [6, 6.07) is -0.273. The van der Waals surface area contributed by atoms with Crippen molar-refractivity contribution in [3.63, 3.8) is 0 Å². The number of hydrogen-bond acceptors (Lipinski definition) is 9. The van der Waals surface area contributed by atoms with Gasteiger partial charge in [-0.1, -0.05) is 12.8 Å². The maximum absolute atomic E-state index is 12.1. The third-order valence-electron chi connectivity index (χ3n) is 6.78. The zero-order chi connectivity index (χ0) is 29.4. The van der Waals surface area contributed by atoms with Crippen molar-refractivity contribution in [2.45, 2.75) is 94.0 Å². The fourth-order valence-electron chi connectivity index (χ4n) is 4.61. The normalized spacial score (nSPS) is 20.8. The molecule has 4 atom stereocenters. The average molecular weight is 623 g/mol. The van der Waals surface area contributed by atoms with Crippen LogP contribution < -0.4 is 32.3 Å². The molecule has 15 heteroatoms. The molecule has 2 rings (SSSR count). The van der Waals surface area contributed by atoms with Crippen molar-refractivity contribution < 1.29 is 27.6 Å². The first-order valence-electron chi connectivity index (χ1n) is 14.1. The molecular weight excluding hydrogens is 577 g/mol. The Hall–Kier alpha value is -1.71. The van der Waals surface area contributed by atoms with E-state index in [1.54, 1.807) is 0 Å². The highest BCUT2D eigenvalue weighted by molar-refractivity contribution is 8.71. The van der Waals surface area contributed by atoms with Gasteiger partial charge in [0.15, 0.2) is 8.87 Å². The van der Waals surface area contributed by atoms with Crippen LogP contribution in [-0.4, -0.2) is 92.9 Å². The number of nitrogens with two attached hydrogens (primary N) is 1. The molecule has 2 saturated heterocycles. The fraction of sp³-hybridized carbons (Fsp3) is 0.840. The minimum Gasteiger partial charge on any atom is -0.356 e. The molecule has 40 heavy (non-hydrogen) atoms. The van der Waals surface area contributed by atoms with E-state index in [9.17, 15) is 27.6 Å². The van der Waals surface area contributed by atoms with Crippen molar-refractivity contribution in [3.8, 4) is 0 Å². The van der Waals surface area contributed by atoms with Gasteiger partial charge in [-0.3, -0.25) is 14.4 Å². The van der Waals surface area contributed by atoms with Gasteiger partial charge in [-0.05, 0) is 55.7 Å². The summed E-state index contributed by atoms with van der Waals surface area (Å²) in [5, 5.41) is 14.8. The molecule has 0 aliphatic carbocycles. The van der Waals surface area contributed by atoms with E-state index in [-0.39, 0.29) is 48.1 Å². The van der Waals surface area contributed by atoms with E-state index in [2.05, 4.69) is 26.6 Å². The Labute approximate surface area is 245 Å². The summed E-state index contributed by atoms with van der Waals surface area (Å²) in [4.78, 5) is 47.4. The summed E-state index contributed by atoms with van der Waals surface area (Å²) in [6.45, 7) is 1.39. The van der Waals surface area contributed by atoms with Gasteiger partial charge in [-0.15, -0.1) is 0 Å². The van der Waals surface area contributed by atoms with Gasteiger partial charge in [0.05, 0.1) is 18.1 Å². The molecule has 2 heterocycles. The molecule has 0 aromatic carbocycles. The molecule has 0 bridgehead atoms. The monoisotopic (exact) mass is 622 g/mol. The van der Waals surface area contributed by atoms with Crippen molar-refractivity contribution in [3.05, 3.63) is 0 Å². The molecule has 7 N–H and O–H groups in total. The number of unbranched alkanes of at least 4 members (excludes halogenated alkanes) is 4. The quantitative estimate of drug-likeness (QED) is 0.0611. The SMILES string of the molecule is CS(=O)(=O)SCCNC(=O)[C@H](N)CCCCNC(=O)CCCCCNC(=O)CCCC[C@H]1SC[C@H]2NC(=O)N[C@@H]21. The molecule has 2 aliphatic rings. The van der Waals surface area contributed by atoms with Gasteiger partial charge < -0.3 is 32.3 Å². The number of fused-ring (bicyclic) bond motifs is 1. The predicted molar refractivity (Wildman–Crippen MR) is 161 cm³/mol. The Morgan fingerprint density at radius 2 is 1.60 bits per heavy atom. The highest BCUT2D eigenvalue weighted by atomic mass is 33.1. The number of hydrogen-bond donors (Lipinski definition) is 6. The standard InChI is InChI=1S/C25H46N6O6S3/c1-40(36,37)39-16-15-29-24(34)18(26)9-6-8-14-28-21(32)11-3-2-7-13-27-22(33)12-5-4-10-20-23-19(17-38-20)30-25(35)31-23/h18-20,23H,2-17,26H2,1H3,(H,27,33)(H,28,32)(H,29,34)(H2,30,31,35)/t18-,19-,20-,23+/m1/s1. The maximum atomic E-state index is 12.1. The fourth-order valence-corrected chi connectivity index (χ4v) is 7.80. The van der Waals surface area contributed by atoms with Gasteiger partial charge in [0.2, 0.25) is 17.7 Å². The lowest BCUT2D eigenvalue weighted by Gasteiger charge is -2.16. The van der Waals surface area contributed by atoms with Crippen LogP contribution in [0.4, 0.5) is 4.79 Å². The zero-order valence-electron chi connectivity index (χ0n) is 23.4. The van der Waals surface area contributed by atoms with Crippen LogP contribution in [0.5, 0.6) is 0 Å². The Morgan fingerprint density at radius 3 is 2.27 bits per heavy atom. The molecule has 2 aliphatic heterocycles. The van der Waals surface area contributed by atoms with E-state index < -0.39 is 14.9 Å². The molecule has 230 valence electrons. The Morgan fingerprint density at radius 1 is 0.950 bits per heavy atom. The van der Waals surface area contributed by atoms with Crippen molar-refractivity contribution in [2.75, 3.05) is 37.4 Å². The molecular formula is C25H46N6O6S3. The number of rotatable bonds is 21. The molecule has 0 radical (unpaired) electrons. The molecule has 0 spiro atoms. The third kappa shape index (κ3) is 14.8. The van der Waals surface area contributed by atoms with Gasteiger partial charge in [-0.25, -0.2) is 13.2 Å². The summed E-state index contributed by atoms with van der Waals surface area (Å²) >= 11 is 1.89. The van der Waals surface area contributed by atoms with Gasteiger partial charge in [-0.2, -0.15) is 11.8 Å². The topological polar surface area (TPSA) is 189 Å². The van der Waals surface area contributed by atoms with Gasteiger partial charge in [0, 0.05) is 55.5 Å². The van der Waals surface area contributed by atoms with E-state index >= 15 is 0 Å². The summed E-state index contributed by atoms with van der Waals surface area (Å²) in [5.74, 6) is 0.987. The first-order valence-corrected chi connectivity index (χ1v) is 18.6. The predicted octanol–water partition coefficient (Wildman–Crippen LogP) is 0.812. The second kappa shape index (κ2) is 18.7. The van der Waals surface area contributed by atoms with Gasteiger partial charge in [0.25, 0.3) is 0 Å². The van der Waals surface area contributed by atoms with Crippen molar-refractivity contribution in [1.29, 1.82) is 0 Å². The molecule has 0 unspecified atom stereocenters. The van der Waals surface area contributed by atoms with Crippen LogP contribution >= 0.6 is 22.6 Å². The highest BCUT2D eigenvalue weighted by Gasteiger charge is 2.42. The Balaban J connectivity index is 1.35. The van der Waals surface area contributed by atoms with Gasteiger partial charge >= 0.3 is 6.03 Å². The van der Waals surface area contributed by atoms with Crippen molar-refractivity contribution >= 4 is 55.2 Å². The Bertz CT molecular complexity index is 938.